The van der Waals surface area contributed by atoms with Gasteiger partial charge in [0.1, 0.15) is 0 Å². The quantitative estimate of drug-likeness (QED) is 0.795. The van der Waals surface area contributed by atoms with Gasteiger partial charge in [-0.15, -0.1) is 0 Å². The zero-order valence-electron chi connectivity index (χ0n) is 16.3. The first-order chi connectivity index (χ1) is 12.7. The molecule has 2 atom stereocenters. The average molecular weight is 353 g/mol. The van der Waals surface area contributed by atoms with Crippen molar-refractivity contribution in [2.45, 2.75) is 64.7 Å². The lowest BCUT2D eigenvalue weighted by atomic mass is 9.99. The Balaban J connectivity index is 1.52. The summed E-state index contributed by atoms with van der Waals surface area (Å²) in [5.74, 6) is 0. The van der Waals surface area contributed by atoms with Gasteiger partial charge >= 0.3 is 0 Å². The molecule has 0 unspecified atom stereocenters. The Morgan fingerprint density at radius 2 is 2.00 bits per heavy atom. The van der Waals surface area contributed by atoms with Crippen LogP contribution in [0.4, 0.5) is 0 Å². The summed E-state index contributed by atoms with van der Waals surface area (Å²) in [6.45, 7) is 10.2. The maximum Gasteiger partial charge on any atom is 0.0537 e. The third-order valence-corrected chi connectivity index (χ3v) is 6.23. The smallest absolute Gasteiger partial charge is 0.0537 e. The van der Waals surface area contributed by atoms with E-state index in [0.717, 1.165) is 32.0 Å². The number of aryl methyl sites for hydroxylation is 1. The van der Waals surface area contributed by atoms with Gasteiger partial charge in [0.15, 0.2) is 0 Å². The number of hydrogen-bond acceptors (Lipinski definition) is 3. The van der Waals surface area contributed by atoms with E-state index in [9.17, 15) is 0 Å². The van der Waals surface area contributed by atoms with Gasteiger partial charge in [0.25, 0.3) is 0 Å². The zero-order chi connectivity index (χ0) is 17.9. The number of aromatic nitrogens is 2. The monoisotopic (exact) mass is 352 g/mol. The third-order valence-electron chi connectivity index (χ3n) is 6.23. The molecule has 140 valence electrons. The number of nitrogens with zero attached hydrogens (tertiary/aromatic N) is 4. The second-order valence-electron chi connectivity index (χ2n) is 8.04. The molecule has 4 heteroatoms. The van der Waals surface area contributed by atoms with Crippen LogP contribution >= 0.6 is 0 Å². The molecule has 0 aliphatic carbocycles. The Morgan fingerprint density at radius 1 is 1.15 bits per heavy atom. The maximum absolute atomic E-state index is 4.63. The molecule has 26 heavy (non-hydrogen) atoms. The number of rotatable bonds is 6. The summed E-state index contributed by atoms with van der Waals surface area (Å²) < 4.78 is 2.17. The minimum absolute atomic E-state index is 0.598. The molecule has 0 N–H and O–H groups in total. The summed E-state index contributed by atoms with van der Waals surface area (Å²) in [5, 5.41) is 4.63. The molecule has 1 aromatic carbocycles. The fourth-order valence-electron chi connectivity index (χ4n) is 4.72. The van der Waals surface area contributed by atoms with E-state index in [1.807, 2.05) is 0 Å². The van der Waals surface area contributed by atoms with Gasteiger partial charge in [-0.05, 0) is 44.7 Å². The van der Waals surface area contributed by atoms with E-state index in [1.165, 1.54) is 49.3 Å². The van der Waals surface area contributed by atoms with Gasteiger partial charge < -0.3 is 0 Å². The number of piperazine rings is 1. The SMILES string of the molecule is CCCn1ncc(CN2C[C@@H]3CCCN3C[C@H]2Cc2ccccc2)c1C. The second-order valence-corrected chi connectivity index (χ2v) is 8.04. The molecule has 0 saturated carbocycles. The van der Waals surface area contributed by atoms with E-state index in [0.29, 0.717) is 6.04 Å². The number of benzene rings is 1. The molecule has 2 aliphatic heterocycles. The first-order valence-corrected chi connectivity index (χ1v) is 10.3. The van der Waals surface area contributed by atoms with Crippen LogP contribution in [-0.2, 0) is 19.5 Å². The van der Waals surface area contributed by atoms with Crippen molar-refractivity contribution in [2.75, 3.05) is 19.6 Å². The molecule has 1 aromatic heterocycles. The summed E-state index contributed by atoms with van der Waals surface area (Å²) in [7, 11) is 0. The predicted octanol–water partition coefficient (Wildman–Crippen LogP) is 3.49. The van der Waals surface area contributed by atoms with E-state index in [4.69, 9.17) is 0 Å². The molecule has 0 bridgehead atoms. The first-order valence-electron chi connectivity index (χ1n) is 10.3. The fraction of sp³-hybridized carbons (Fsp3) is 0.591. The molecule has 2 fully saturated rings. The lowest BCUT2D eigenvalue weighted by Gasteiger charge is -2.44. The highest BCUT2D eigenvalue weighted by molar-refractivity contribution is 5.19. The van der Waals surface area contributed by atoms with Crippen molar-refractivity contribution in [3.05, 3.63) is 53.3 Å². The lowest BCUT2D eigenvalue weighted by Crippen LogP contribution is -2.56. The van der Waals surface area contributed by atoms with Crippen molar-refractivity contribution in [2.24, 2.45) is 0 Å². The minimum Gasteiger partial charge on any atom is -0.298 e. The Hall–Kier alpha value is -1.65. The highest BCUT2D eigenvalue weighted by Gasteiger charge is 2.36. The Kier molecular flexibility index (Phi) is 5.41. The van der Waals surface area contributed by atoms with Crippen molar-refractivity contribution in [1.82, 2.24) is 19.6 Å². The lowest BCUT2D eigenvalue weighted by molar-refractivity contribution is 0.0454. The van der Waals surface area contributed by atoms with Gasteiger partial charge in [-0.3, -0.25) is 14.5 Å². The predicted molar refractivity (Wildman–Crippen MR) is 106 cm³/mol. The molecular formula is C22H32N4. The zero-order valence-corrected chi connectivity index (χ0v) is 16.3. The van der Waals surface area contributed by atoms with Crippen molar-refractivity contribution in [1.29, 1.82) is 0 Å². The van der Waals surface area contributed by atoms with Gasteiger partial charge in [-0.2, -0.15) is 5.10 Å². The summed E-state index contributed by atoms with van der Waals surface area (Å²) in [5.41, 5.74) is 4.21. The Morgan fingerprint density at radius 3 is 2.81 bits per heavy atom. The van der Waals surface area contributed by atoms with E-state index < -0.39 is 0 Å². The van der Waals surface area contributed by atoms with Crippen LogP contribution < -0.4 is 0 Å². The summed E-state index contributed by atoms with van der Waals surface area (Å²) in [6, 6.07) is 12.4. The topological polar surface area (TPSA) is 24.3 Å². The van der Waals surface area contributed by atoms with Crippen LogP contribution in [0.3, 0.4) is 0 Å². The molecule has 0 amide bonds. The molecule has 0 radical (unpaired) electrons. The van der Waals surface area contributed by atoms with Crippen molar-refractivity contribution in [3.8, 4) is 0 Å². The minimum atomic E-state index is 0.598. The van der Waals surface area contributed by atoms with Crippen LogP contribution in [0.25, 0.3) is 0 Å². The van der Waals surface area contributed by atoms with E-state index in [1.54, 1.807) is 0 Å². The summed E-state index contributed by atoms with van der Waals surface area (Å²) in [6.07, 6.45) is 7.11. The number of hydrogen-bond donors (Lipinski definition) is 0. The standard InChI is InChI=1S/C22H32N4/c1-3-11-26-18(2)20(14-23-26)15-25-16-21-10-7-12-24(21)17-22(25)13-19-8-5-4-6-9-19/h4-6,8-9,14,21-22H,3,7,10-13,15-17H2,1-2H3/t21-,22+/m0/s1. The summed E-state index contributed by atoms with van der Waals surface area (Å²) in [4.78, 5) is 5.47. The van der Waals surface area contributed by atoms with Crippen LogP contribution in [0.5, 0.6) is 0 Å². The Bertz CT molecular complexity index is 708. The normalized spacial score (nSPS) is 24.1. The molecule has 2 saturated heterocycles. The van der Waals surface area contributed by atoms with Gasteiger partial charge in [-0.25, -0.2) is 0 Å². The van der Waals surface area contributed by atoms with Gasteiger partial charge in [0.05, 0.1) is 6.20 Å². The Labute approximate surface area is 157 Å². The molecule has 4 nitrogen and oxygen atoms in total. The van der Waals surface area contributed by atoms with Crippen molar-refractivity contribution >= 4 is 0 Å². The van der Waals surface area contributed by atoms with E-state index >= 15 is 0 Å². The summed E-state index contributed by atoms with van der Waals surface area (Å²) >= 11 is 0. The average Bonchev–Trinajstić information content (AvgIpc) is 3.24. The van der Waals surface area contributed by atoms with Gasteiger partial charge in [-0.1, -0.05) is 37.3 Å². The number of fused-ring (bicyclic) bond motifs is 1. The molecule has 3 heterocycles. The fourth-order valence-corrected chi connectivity index (χ4v) is 4.72. The van der Waals surface area contributed by atoms with Crippen LogP contribution in [-0.4, -0.2) is 51.3 Å². The van der Waals surface area contributed by atoms with Crippen LogP contribution in [0.2, 0.25) is 0 Å². The molecule has 2 aromatic rings. The van der Waals surface area contributed by atoms with E-state index in [-0.39, 0.29) is 0 Å². The second kappa shape index (κ2) is 7.93. The molecular weight excluding hydrogens is 320 g/mol. The van der Waals surface area contributed by atoms with Crippen LogP contribution in [0, 0.1) is 6.92 Å². The third kappa shape index (κ3) is 3.72. The highest BCUT2D eigenvalue weighted by Crippen LogP contribution is 2.28. The van der Waals surface area contributed by atoms with Gasteiger partial charge in [0, 0.05) is 49.5 Å². The van der Waals surface area contributed by atoms with E-state index in [2.05, 4.69) is 70.0 Å². The maximum atomic E-state index is 4.63. The highest BCUT2D eigenvalue weighted by atomic mass is 15.3. The van der Waals surface area contributed by atoms with Crippen molar-refractivity contribution < 1.29 is 0 Å². The molecule has 4 rings (SSSR count). The molecule has 0 spiro atoms. The van der Waals surface area contributed by atoms with Gasteiger partial charge in [0.2, 0.25) is 0 Å². The van der Waals surface area contributed by atoms with Crippen LogP contribution in [0.1, 0.15) is 43.0 Å². The van der Waals surface area contributed by atoms with Crippen molar-refractivity contribution in [3.63, 3.8) is 0 Å². The van der Waals surface area contributed by atoms with Crippen LogP contribution in [0.15, 0.2) is 36.5 Å². The largest absolute Gasteiger partial charge is 0.298 e. The first kappa shape index (κ1) is 17.7. The molecule has 2 aliphatic rings.